The number of sulfonamides is 1. The molecule has 33 heavy (non-hydrogen) atoms. The molecule has 1 aromatic carbocycles. The zero-order chi connectivity index (χ0) is 23.9. The molecular formula is C23H33FN4O4S. The Balaban J connectivity index is 1.50. The third-order valence-electron chi connectivity index (χ3n) is 4.89. The van der Waals surface area contributed by atoms with Gasteiger partial charge in [0.25, 0.3) is 0 Å². The summed E-state index contributed by atoms with van der Waals surface area (Å²) in [5.41, 5.74) is 1.65. The fourth-order valence-corrected chi connectivity index (χ4v) is 3.78. The van der Waals surface area contributed by atoms with Crippen molar-refractivity contribution in [3.63, 3.8) is 0 Å². The van der Waals surface area contributed by atoms with Crippen LogP contribution in [-0.2, 0) is 28.0 Å². The van der Waals surface area contributed by atoms with Crippen LogP contribution in [0, 0.1) is 5.82 Å². The van der Waals surface area contributed by atoms with E-state index in [-0.39, 0.29) is 25.0 Å². The molecule has 0 saturated heterocycles. The van der Waals surface area contributed by atoms with Gasteiger partial charge in [-0.3, -0.25) is 9.82 Å². The molecule has 0 saturated carbocycles. The number of carbonyl (C=O) groups is 1. The number of nitrogens with one attached hydrogen (secondary N) is 2. The van der Waals surface area contributed by atoms with Crippen molar-refractivity contribution in [2.75, 3.05) is 19.3 Å². The quantitative estimate of drug-likeness (QED) is 0.299. The topological polar surface area (TPSA) is 101 Å². The summed E-state index contributed by atoms with van der Waals surface area (Å²) >= 11 is 0. The highest BCUT2D eigenvalue weighted by atomic mass is 32.2. The van der Waals surface area contributed by atoms with Gasteiger partial charge in [-0.1, -0.05) is 48.4 Å². The fourth-order valence-electron chi connectivity index (χ4n) is 3.08. The number of nitrogens with zero attached hydrogens (tertiary/aromatic N) is 2. The van der Waals surface area contributed by atoms with Crippen molar-refractivity contribution in [3.05, 3.63) is 65.7 Å². The average Bonchev–Trinajstić information content (AvgIpc) is 2.79. The van der Waals surface area contributed by atoms with E-state index in [1.54, 1.807) is 24.5 Å². The van der Waals surface area contributed by atoms with Gasteiger partial charge >= 0.3 is 6.03 Å². The predicted octanol–water partition coefficient (Wildman–Crippen LogP) is 3.75. The van der Waals surface area contributed by atoms with Crippen LogP contribution < -0.4 is 10.6 Å². The third-order valence-corrected chi connectivity index (χ3v) is 5.92. The van der Waals surface area contributed by atoms with Gasteiger partial charge in [0, 0.05) is 32.0 Å². The van der Waals surface area contributed by atoms with E-state index in [1.807, 2.05) is 12.1 Å². The Kier molecular flexibility index (Phi) is 11.8. The number of urea groups is 1. The average molecular weight is 481 g/mol. The van der Waals surface area contributed by atoms with E-state index in [4.69, 9.17) is 4.84 Å². The first-order valence-electron chi connectivity index (χ1n) is 11.1. The van der Waals surface area contributed by atoms with E-state index in [2.05, 4.69) is 15.6 Å². The molecule has 1 heterocycles. The summed E-state index contributed by atoms with van der Waals surface area (Å²) in [5.74, 6) is -0.349. The number of benzene rings is 1. The van der Waals surface area contributed by atoms with Gasteiger partial charge in [0.05, 0.1) is 12.9 Å². The molecule has 0 atom stereocenters. The van der Waals surface area contributed by atoms with E-state index in [0.29, 0.717) is 25.1 Å². The summed E-state index contributed by atoms with van der Waals surface area (Å²) in [6, 6.07) is 9.29. The van der Waals surface area contributed by atoms with E-state index in [0.717, 1.165) is 48.4 Å². The van der Waals surface area contributed by atoms with Crippen molar-refractivity contribution in [2.45, 2.75) is 51.7 Å². The van der Waals surface area contributed by atoms with E-state index < -0.39 is 10.0 Å². The summed E-state index contributed by atoms with van der Waals surface area (Å²) in [5, 5.41) is 5.63. The van der Waals surface area contributed by atoms with E-state index in [1.165, 1.54) is 12.1 Å². The number of amides is 2. The van der Waals surface area contributed by atoms with Crippen LogP contribution in [0.4, 0.5) is 9.18 Å². The molecule has 0 bridgehead atoms. The number of unbranched alkanes of at least 4 members (excludes halogenated alkanes) is 5. The number of hydroxylamine groups is 1. The SMILES string of the molecule is CS(=O)(=O)N(CCCCCCCCNC(=O)NCc1cccnc1)OCc1ccc(F)cc1. The lowest BCUT2D eigenvalue weighted by Crippen LogP contribution is -2.35. The van der Waals surface area contributed by atoms with Crippen LogP contribution >= 0.6 is 0 Å². The van der Waals surface area contributed by atoms with Gasteiger partial charge in [0.2, 0.25) is 10.0 Å². The molecule has 2 N–H and O–H groups in total. The van der Waals surface area contributed by atoms with Gasteiger partial charge in [0.1, 0.15) is 5.82 Å². The van der Waals surface area contributed by atoms with Crippen LogP contribution in [0.2, 0.25) is 0 Å². The second kappa shape index (κ2) is 14.6. The second-order valence-electron chi connectivity index (χ2n) is 7.78. The monoisotopic (exact) mass is 480 g/mol. The van der Waals surface area contributed by atoms with Crippen LogP contribution in [0.3, 0.4) is 0 Å². The van der Waals surface area contributed by atoms with Gasteiger partial charge < -0.3 is 10.6 Å². The molecule has 2 rings (SSSR count). The second-order valence-corrected chi connectivity index (χ2v) is 9.65. The van der Waals surface area contributed by atoms with Gasteiger partial charge in [-0.05, 0) is 42.2 Å². The summed E-state index contributed by atoms with van der Waals surface area (Å²) in [4.78, 5) is 21.2. The minimum atomic E-state index is -3.49. The summed E-state index contributed by atoms with van der Waals surface area (Å²) in [6.45, 7) is 1.39. The molecule has 2 aromatic rings. The van der Waals surface area contributed by atoms with E-state index >= 15 is 0 Å². The number of hydrogen-bond acceptors (Lipinski definition) is 5. The van der Waals surface area contributed by atoms with Crippen LogP contribution in [0.1, 0.15) is 49.7 Å². The van der Waals surface area contributed by atoms with Crippen molar-refractivity contribution >= 4 is 16.1 Å². The standard InChI is InChI=1S/C23H33FN4O4S/c1-33(30,31)28(32-19-20-10-12-22(24)13-11-20)16-7-5-3-2-4-6-15-26-23(29)27-18-21-9-8-14-25-17-21/h8-14,17H,2-7,15-16,18-19H2,1H3,(H2,26,27,29). The number of rotatable bonds is 15. The van der Waals surface area contributed by atoms with Crippen molar-refractivity contribution in [1.82, 2.24) is 20.1 Å². The lowest BCUT2D eigenvalue weighted by Gasteiger charge is -2.19. The van der Waals surface area contributed by atoms with Crippen LogP contribution in [0.25, 0.3) is 0 Å². The number of hydrogen-bond donors (Lipinski definition) is 2. The first kappa shape index (κ1) is 26.7. The number of carbonyl (C=O) groups excluding carboxylic acids is 1. The molecule has 182 valence electrons. The Labute approximate surface area is 195 Å². The maximum atomic E-state index is 13.0. The predicted molar refractivity (Wildman–Crippen MR) is 125 cm³/mol. The summed E-state index contributed by atoms with van der Waals surface area (Å²) in [6.07, 6.45) is 9.93. The molecule has 0 aliphatic heterocycles. The van der Waals surface area contributed by atoms with Crippen LogP contribution in [0.15, 0.2) is 48.8 Å². The molecule has 10 heteroatoms. The smallest absolute Gasteiger partial charge is 0.315 e. The molecule has 2 amide bonds. The highest BCUT2D eigenvalue weighted by Crippen LogP contribution is 2.11. The van der Waals surface area contributed by atoms with Crippen molar-refractivity contribution in [3.8, 4) is 0 Å². The molecule has 1 aromatic heterocycles. The summed E-state index contributed by atoms with van der Waals surface area (Å²) < 4.78 is 37.8. The minimum Gasteiger partial charge on any atom is -0.338 e. The fraction of sp³-hybridized carbons (Fsp3) is 0.478. The number of pyridine rings is 1. The minimum absolute atomic E-state index is 0.0656. The van der Waals surface area contributed by atoms with Crippen molar-refractivity contribution < 1.29 is 22.4 Å². The van der Waals surface area contributed by atoms with Crippen LogP contribution in [0.5, 0.6) is 0 Å². The molecule has 0 fully saturated rings. The van der Waals surface area contributed by atoms with E-state index in [9.17, 15) is 17.6 Å². The Morgan fingerprint density at radius 3 is 2.36 bits per heavy atom. The lowest BCUT2D eigenvalue weighted by atomic mass is 10.1. The third kappa shape index (κ3) is 11.7. The first-order valence-corrected chi connectivity index (χ1v) is 12.9. The maximum Gasteiger partial charge on any atom is 0.315 e. The molecule has 0 aliphatic carbocycles. The molecule has 0 aliphatic rings. The van der Waals surface area contributed by atoms with Crippen molar-refractivity contribution in [2.24, 2.45) is 0 Å². The number of halogens is 1. The number of aromatic nitrogens is 1. The first-order chi connectivity index (χ1) is 15.8. The molecule has 0 spiro atoms. The van der Waals surface area contributed by atoms with Gasteiger partial charge in [-0.15, -0.1) is 0 Å². The Bertz CT molecular complexity index is 927. The van der Waals surface area contributed by atoms with Gasteiger partial charge in [0.15, 0.2) is 0 Å². The zero-order valence-electron chi connectivity index (χ0n) is 19.0. The van der Waals surface area contributed by atoms with Crippen molar-refractivity contribution in [1.29, 1.82) is 0 Å². The highest BCUT2D eigenvalue weighted by Gasteiger charge is 2.17. The normalized spacial score (nSPS) is 11.5. The summed E-state index contributed by atoms with van der Waals surface area (Å²) in [7, 11) is -3.49. The molecular weight excluding hydrogens is 447 g/mol. The Hall–Kier alpha value is -2.56. The Morgan fingerprint density at radius 2 is 1.70 bits per heavy atom. The van der Waals surface area contributed by atoms with Crippen LogP contribution in [-0.4, -0.2) is 43.2 Å². The highest BCUT2D eigenvalue weighted by molar-refractivity contribution is 7.88. The largest absolute Gasteiger partial charge is 0.338 e. The van der Waals surface area contributed by atoms with Gasteiger partial charge in [-0.25, -0.2) is 17.6 Å². The molecule has 0 unspecified atom stereocenters. The zero-order valence-corrected chi connectivity index (χ0v) is 19.8. The van der Waals surface area contributed by atoms with Gasteiger partial charge in [-0.2, -0.15) is 0 Å². The molecule has 8 nitrogen and oxygen atoms in total. The lowest BCUT2D eigenvalue weighted by molar-refractivity contribution is -0.0962. The Morgan fingerprint density at radius 1 is 1.00 bits per heavy atom. The maximum absolute atomic E-state index is 13.0. The molecule has 0 radical (unpaired) electrons.